The van der Waals surface area contributed by atoms with Crippen LogP contribution in [0.2, 0.25) is 0 Å². The molecule has 1 aromatic rings. The molecule has 270 valence electrons. The van der Waals surface area contributed by atoms with Crippen LogP contribution in [-0.4, -0.2) is 72.8 Å². The fraction of sp³-hybridized carbons (Fsp3) is 0.714. The molecule has 0 unspecified atom stereocenters. The molecule has 6 atom stereocenters. The molecule has 6 N–H and O–H groups in total. The van der Waals surface area contributed by atoms with Gasteiger partial charge in [-0.25, -0.2) is 0 Å². The van der Waals surface area contributed by atoms with Crippen LogP contribution in [0.3, 0.4) is 0 Å². The molecule has 13 nitrogen and oxygen atoms in total. The van der Waals surface area contributed by atoms with E-state index in [1.54, 1.807) is 6.92 Å². The molecule has 1 fully saturated rings. The van der Waals surface area contributed by atoms with E-state index in [-0.39, 0.29) is 53.0 Å². The maximum atomic E-state index is 13.9. The van der Waals surface area contributed by atoms with Crippen molar-refractivity contribution >= 4 is 29.5 Å². The van der Waals surface area contributed by atoms with Crippen molar-refractivity contribution in [3.05, 3.63) is 35.3 Å². The molecule has 0 aromatic carbocycles. The molecule has 2 rings (SSSR count). The van der Waals surface area contributed by atoms with Gasteiger partial charge in [-0.2, -0.15) is 4.73 Å². The van der Waals surface area contributed by atoms with Gasteiger partial charge in [0.05, 0.1) is 11.6 Å². The van der Waals surface area contributed by atoms with Crippen molar-refractivity contribution in [2.24, 2.45) is 23.7 Å². The maximum Gasteiger partial charge on any atom is 0.252 e. The fourth-order valence-electron chi connectivity index (χ4n) is 5.98. The van der Waals surface area contributed by atoms with Crippen LogP contribution in [0.4, 0.5) is 0 Å². The average Bonchev–Trinajstić information content (AvgIpc) is 3.57. The molecule has 1 saturated carbocycles. The van der Waals surface area contributed by atoms with E-state index in [1.165, 1.54) is 24.5 Å². The molecule has 0 bridgehead atoms. The smallest absolute Gasteiger partial charge is 0.252 e. The number of amides is 5. The molecule has 5 amide bonds. The highest BCUT2D eigenvalue weighted by Crippen LogP contribution is 2.28. The molecule has 0 spiro atoms. The van der Waals surface area contributed by atoms with E-state index < -0.39 is 36.0 Å². The minimum absolute atomic E-state index is 0.0524. The van der Waals surface area contributed by atoms with Crippen LogP contribution >= 0.6 is 0 Å². The number of nitrogens with one attached hydrogen (secondary N) is 6. The minimum atomic E-state index is -0.889. The molecule has 1 aliphatic rings. The lowest BCUT2D eigenvalue weighted by Gasteiger charge is -2.31. The van der Waals surface area contributed by atoms with E-state index in [0.29, 0.717) is 30.7 Å². The summed E-state index contributed by atoms with van der Waals surface area (Å²) in [5.41, 5.74) is 0.254. The second kappa shape index (κ2) is 19.9. The van der Waals surface area contributed by atoms with E-state index in [4.69, 9.17) is 0 Å². The molecule has 48 heavy (non-hydrogen) atoms. The Morgan fingerprint density at radius 2 is 1.44 bits per heavy atom. The monoisotopic (exact) mass is 673 g/mol. The first kappa shape index (κ1) is 40.4. The van der Waals surface area contributed by atoms with Crippen LogP contribution in [0.1, 0.15) is 104 Å². The number of hydrogen-bond acceptors (Lipinski definition) is 7. The van der Waals surface area contributed by atoms with Gasteiger partial charge in [0.2, 0.25) is 23.6 Å². The summed E-state index contributed by atoms with van der Waals surface area (Å²) in [5.74, 6) is -1.89. The largest absolute Gasteiger partial charge is 0.619 e. The van der Waals surface area contributed by atoms with Crippen LogP contribution in [0.15, 0.2) is 24.5 Å². The third-order valence-corrected chi connectivity index (χ3v) is 9.06. The summed E-state index contributed by atoms with van der Waals surface area (Å²) in [6.07, 6.45) is 7.20. The first-order valence-electron chi connectivity index (χ1n) is 17.6. The fourth-order valence-corrected chi connectivity index (χ4v) is 5.98. The Kier molecular flexibility index (Phi) is 16.8. The van der Waals surface area contributed by atoms with Crippen molar-refractivity contribution in [1.82, 2.24) is 31.9 Å². The van der Waals surface area contributed by atoms with Crippen molar-refractivity contribution in [2.45, 2.75) is 124 Å². The number of hydrogen-bond donors (Lipinski definition) is 6. The second-order valence-corrected chi connectivity index (χ2v) is 13.9. The zero-order chi connectivity index (χ0) is 36.0. The minimum Gasteiger partial charge on any atom is -0.619 e. The number of carbonyl (C=O) groups is 5. The van der Waals surface area contributed by atoms with Gasteiger partial charge in [0, 0.05) is 31.3 Å². The van der Waals surface area contributed by atoms with Gasteiger partial charge in [-0.3, -0.25) is 24.0 Å². The maximum absolute atomic E-state index is 13.9. The Hall–Kier alpha value is -3.74. The van der Waals surface area contributed by atoms with E-state index in [0.717, 1.165) is 25.7 Å². The third kappa shape index (κ3) is 12.7. The zero-order valence-electron chi connectivity index (χ0n) is 30.1. The predicted octanol–water partition coefficient (Wildman–Crippen LogP) is 1.93. The number of rotatable bonds is 19. The first-order chi connectivity index (χ1) is 22.7. The van der Waals surface area contributed by atoms with Gasteiger partial charge in [-0.05, 0) is 56.8 Å². The SMILES string of the molecule is CCNC(=O)[C@@H](NC(=O)[C@H](C)NC[C@H](CC(C)C)NC(=O)[C@@H](NC(=O)[C@@H](NC(=O)c1cc[n+]([O-])cc1)[C@@H](C)CC)C1CCCC1)C(C)C. The van der Waals surface area contributed by atoms with Crippen molar-refractivity contribution in [3.63, 3.8) is 0 Å². The quantitative estimate of drug-likeness (QED) is 0.0957. The van der Waals surface area contributed by atoms with Crippen molar-refractivity contribution < 1.29 is 28.7 Å². The topological polar surface area (TPSA) is 184 Å². The van der Waals surface area contributed by atoms with E-state index in [9.17, 15) is 29.2 Å². The highest BCUT2D eigenvalue weighted by atomic mass is 16.5. The summed E-state index contributed by atoms with van der Waals surface area (Å²) in [5, 5.41) is 29.2. The van der Waals surface area contributed by atoms with Gasteiger partial charge in [0.1, 0.15) is 18.1 Å². The van der Waals surface area contributed by atoms with E-state index in [2.05, 4.69) is 31.9 Å². The summed E-state index contributed by atoms with van der Waals surface area (Å²) in [6, 6.07) is -0.515. The van der Waals surface area contributed by atoms with Crippen molar-refractivity contribution in [1.29, 1.82) is 0 Å². The summed E-state index contributed by atoms with van der Waals surface area (Å²) >= 11 is 0. The Balaban J connectivity index is 2.16. The standard InChI is InChI=1S/C35H59N7O6/c1-9-23(7)29(40-32(44)26-15-17-42(48)18-16-26)34(46)41-30(25-13-11-12-14-25)35(47)38-27(19-21(3)4)20-37-24(8)31(43)39-28(22(5)6)33(45)36-10-2/h15-18,21-25,27-30,37H,9-14,19-20H2,1-8H3,(H,36,45)(H,38,47)(H,39,43)(H,40,44)(H,41,46)/t23-,24-,27-,28-,29-,30-/m0/s1. The number of carbonyl (C=O) groups excluding carboxylic acids is 5. The van der Waals surface area contributed by atoms with Crippen LogP contribution in [-0.2, 0) is 19.2 Å². The summed E-state index contributed by atoms with van der Waals surface area (Å²) in [6.45, 7) is 16.0. The van der Waals surface area contributed by atoms with Crippen molar-refractivity contribution in [2.75, 3.05) is 13.1 Å². The molecule has 0 aliphatic heterocycles. The van der Waals surface area contributed by atoms with Gasteiger partial charge in [-0.1, -0.05) is 60.8 Å². The molecule has 1 heterocycles. The van der Waals surface area contributed by atoms with Gasteiger partial charge < -0.3 is 37.1 Å². The van der Waals surface area contributed by atoms with E-state index >= 15 is 0 Å². The van der Waals surface area contributed by atoms with Crippen LogP contribution in [0.25, 0.3) is 0 Å². The Bertz CT molecular complexity index is 1200. The Morgan fingerprint density at radius 1 is 0.812 bits per heavy atom. The predicted molar refractivity (Wildman–Crippen MR) is 184 cm³/mol. The van der Waals surface area contributed by atoms with Gasteiger partial charge in [-0.15, -0.1) is 0 Å². The number of nitrogens with zero attached hydrogens (tertiary/aromatic N) is 1. The molecule has 0 saturated heterocycles. The van der Waals surface area contributed by atoms with Gasteiger partial charge in [0.15, 0.2) is 12.4 Å². The molecular formula is C35H59N7O6. The molecular weight excluding hydrogens is 614 g/mol. The van der Waals surface area contributed by atoms with Crippen LogP contribution in [0.5, 0.6) is 0 Å². The Morgan fingerprint density at radius 3 is 1.98 bits per heavy atom. The highest BCUT2D eigenvalue weighted by molar-refractivity contribution is 5.98. The first-order valence-corrected chi connectivity index (χ1v) is 17.6. The summed E-state index contributed by atoms with van der Waals surface area (Å²) in [4.78, 5) is 66.2. The molecule has 1 aliphatic carbocycles. The van der Waals surface area contributed by atoms with Gasteiger partial charge >= 0.3 is 0 Å². The number of aromatic nitrogens is 1. The lowest BCUT2D eigenvalue weighted by molar-refractivity contribution is -0.605. The molecule has 13 heteroatoms. The van der Waals surface area contributed by atoms with Gasteiger partial charge in [0.25, 0.3) is 5.91 Å². The Labute approximate surface area is 286 Å². The lowest BCUT2D eigenvalue weighted by atomic mass is 9.93. The molecule has 1 aromatic heterocycles. The normalized spacial score (nSPS) is 17.1. The average molecular weight is 674 g/mol. The number of pyridine rings is 1. The zero-order valence-corrected chi connectivity index (χ0v) is 30.1. The van der Waals surface area contributed by atoms with Crippen molar-refractivity contribution in [3.8, 4) is 0 Å². The summed E-state index contributed by atoms with van der Waals surface area (Å²) < 4.78 is 0.578. The van der Waals surface area contributed by atoms with Crippen LogP contribution < -0.4 is 36.6 Å². The van der Waals surface area contributed by atoms with Crippen LogP contribution in [0, 0.1) is 28.9 Å². The summed E-state index contributed by atoms with van der Waals surface area (Å²) in [7, 11) is 0. The lowest BCUT2D eigenvalue weighted by Crippen LogP contribution is -2.59. The highest BCUT2D eigenvalue weighted by Gasteiger charge is 2.36. The molecule has 0 radical (unpaired) electrons. The van der Waals surface area contributed by atoms with E-state index in [1.807, 2.05) is 48.5 Å². The third-order valence-electron chi connectivity index (χ3n) is 9.06. The number of likely N-dealkylation sites (N-methyl/N-ethyl adjacent to an activating group) is 1. The second-order valence-electron chi connectivity index (χ2n) is 13.9.